The second-order valence-electron chi connectivity index (χ2n) is 6.99. The Bertz CT molecular complexity index is 1220. The fraction of sp³-hybridized carbons (Fsp3) is 0.190. The first-order valence-electron chi connectivity index (χ1n) is 9.98. The molecule has 0 atom stereocenters. The number of H-pyrrole nitrogens is 1. The van der Waals surface area contributed by atoms with Gasteiger partial charge in [-0.25, -0.2) is 14.2 Å². The lowest BCUT2D eigenvalue weighted by atomic mass is 10.1. The number of halogens is 1. The number of nitrogens with zero attached hydrogens (tertiary/aromatic N) is 2. The number of benzene rings is 2. The number of rotatable bonds is 9. The molecule has 0 radical (unpaired) electrons. The lowest BCUT2D eigenvalue weighted by Gasteiger charge is -2.09. The molecule has 1 aromatic heterocycles. The number of nitro benzene ring substituents is 1. The van der Waals surface area contributed by atoms with E-state index in [2.05, 4.69) is 25.9 Å². The Hall–Kier alpha value is -4.16. The van der Waals surface area contributed by atoms with Crippen LogP contribution < -0.4 is 27.2 Å². The molecule has 2 amide bonds. The minimum absolute atomic E-state index is 0.126. The summed E-state index contributed by atoms with van der Waals surface area (Å²) >= 11 is 0. The van der Waals surface area contributed by atoms with E-state index in [1.165, 1.54) is 36.5 Å². The quantitative estimate of drug-likeness (QED) is 0.188. The number of aromatic nitrogens is 2. The number of nitrogens with two attached hydrogens (primary N) is 1. The van der Waals surface area contributed by atoms with Crippen LogP contribution in [-0.2, 0) is 6.54 Å². The fourth-order valence-electron chi connectivity index (χ4n) is 2.94. The molecule has 1 heterocycles. The summed E-state index contributed by atoms with van der Waals surface area (Å²) in [6, 6.07) is 9.04. The van der Waals surface area contributed by atoms with Crippen molar-refractivity contribution in [2.24, 2.45) is 5.73 Å². The molecule has 2 aromatic carbocycles. The van der Waals surface area contributed by atoms with Crippen molar-refractivity contribution in [3.63, 3.8) is 0 Å². The van der Waals surface area contributed by atoms with E-state index in [9.17, 15) is 24.1 Å². The normalized spacial score (nSPS) is 10.6. The zero-order valence-corrected chi connectivity index (χ0v) is 17.4. The Kier molecular flexibility index (Phi) is 7.78. The molecule has 172 valence electrons. The lowest BCUT2D eigenvalue weighted by molar-refractivity contribution is -0.384. The van der Waals surface area contributed by atoms with Gasteiger partial charge >= 0.3 is 6.03 Å². The van der Waals surface area contributed by atoms with Crippen molar-refractivity contribution in [3.8, 4) is 11.1 Å². The zero-order chi connectivity index (χ0) is 23.8. The molecular weight excluding hydrogens is 433 g/mol. The molecule has 0 fully saturated rings. The summed E-state index contributed by atoms with van der Waals surface area (Å²) in [5, 5.41) is 18.7. The Morgan fingerprint density at radius 2 is 2.03 bits per heavy atom. The second kappa shape index (κ2) is 10.9. The van der Waals surface area contributed by atoms with Gasteiger partial charge in [-0.15, -0.1) is 0 Å². The highest BCUT2D eigenvalue weighted by Crippen LogP contribution is 2.20. The summed E-state index contributed by atoms with van der Waals surface area (Å²) in [6.45, 7) is 1.55. The highest BCUT2D eigenvalue weighted by Gasteiger charge is 2.12. The number of carbonyl (C=O) groups excluding carboxylic acids is 1. The Morgan fingerprint density at radius 1 is 1.21 bits per heavy atom. The number of urea groups is 1. The maximum absolute atomic E-state index is 14.4. The van der Waals surface area contributed by atoms with Crippen LogP contribution in [0.5, 0.6) is 0 Å². The van der Waals surface area contributed by atoms with Crippen molar-refractivity contribution >= 4 is 23.4 Å². The zero-order valence-electron chi connectivity index (χ0n) is 17.4. The van der Waals surface area contributed by atoms with Crippen molar-refractivity contribution < 1.29 is 14.1 Å². The Morgan fingerprint density at radius 3 is 2.73 bits per heavy atom. The molecule has 12 heteroatoms. The molecule has 0 aliphatic heterocycles. The van der Waals surface area contributed by atoms with Crippen LogP contribution in [0.1, 0.15) is 12.0 Å². The van der Waals surface area contributed by atoms with Gasteiger partial charge in [0, 0.05) is 36.1 Å². The van der Waals surface area contributed by atoms with E-state index in [4.69, 9.17) is 5.73 Å². The number of hydrogen-bond acceptors (Lipinski definition) is 7. The highest BCUT2D eigenvalue weighted by atomic mass is 19.1. The number of aromatic amines is 1. The van der Waals surface area contributed by atoms with E-state index in [1.807, 2.05) is 0 Å². The molecule has 6 N–H and O–H groups in total. The molecular formula is C21H22FN7O4. The monoisotopic (exact) mass is 455 g/mol. The fourth-order valence-corrected chi connectivity index (χ4v) is 2.94. The van der Waals surface area contributed by atoms with E-state index < -0.39 is 22.3 Å². The number of non-ortho nitro benzene ring substituents is 1. The molecule has 3 aromatic rings. The van der Waals surface area contributed by atoms with Crippen molar-refractivity contribution in [3.05, 3.63) is 80.5 Å². The van der Waals surface area contributed by atoms with E-state index in [1.54, 1.807) is 12.1 Å². The first-order chi connectivity index (χ1) is 15.9. The van der Waals surface area contributed by atoms with Gasteiger partial charge in [-0.1, -0.05) is 18.2 Å². The van der Waals surface area contributed by atoms with E-state index in [0.29, 0.717) is 30.8 Å². The van der Waals surface area contributed by atoms with Gasteiger partial charge in [0.25, 0.3) is 11.2 Å². The maximum Gasteiger partial charge on any atom is 0.326 e. The van der Waals surface area contributed by atoms with Gasteiger partial charge in [0.1, 0.15) is 5.82 Å². The van der Waals surface area contributed by atoms with Gasteiger partial charge in [0.05, 0.1) is 10.5 Å². The Balaban J connectivity index is 1.66. The molecule has 0 aliphatic rings. The van der Waals surface area contributed by atoms with Crippen LogP contribution >= 0.6 is 0 Å². The number of nitrogens with one attached hydrogen (secondary N) is 4. The topological polar surface area (TPSA) is 168 Å². The predicted octanol–water partition coefficient (Wildman–Crippen LogP) is 2.57. The van der Waals surface area contributed by atoms with Crippen molar-refractivity contribution in [1.29, 1.82) is 0 Å². The lowest BCUT2D eigenvalue weighted by Crippen LogP contribution is -2.23. The minimum atomic E-state index is -0.760. The van der Waals surface area contributed by atoms with Crippen molar-refractivity contribution in [1.82, 2.24) is 15.3 Å². The summed E-state index contributed by atoms with van der Waals surface area (Å²) in [7, 11) is 0. The van der Waals surface area contributed by atoms with Gasteiger partial charge in [0.2, 0.25) is 5.95 Å². The number of carbonyl (C=O) groups is 1. The van der Waals surface area contributed by atoms with E-state index in [0.717, 1.165) is 6.42 Å². The molecule has 0 aliphatic carbocycles. The van der Waals surface area contributed by atoms with Crippen LogP contribution in [0.25, 0.3) is 11.1 Å². The summed E-state index contributed by atoms with van der Waals surface area (Å²) in [5.74, 6) is -0.612. The molecule has 0 saturated heterocycles. The molecule has 3 rings (SSSR count). The summed E-state index contributed by atoms with van der Waals surface area (Å²) in [4.78, 5) is 41.2. The highest BCUT2D eigenvalue weighted by molar-refractivity contribution is 5.98. The van der Waals surface area contributed by atoms with Crippen LogP contribution in [-0.4, -0.2) is 34.0 Å². The third kappa shape index (κ3) is 6.41. The second-order valence-corrected chi connectivity index (χ2v) is 6.99. The first kappa shape index (κ1) is 23.5. The SMILES string of the molecule is NCCCNCc1ccc(-c2cnc(NC(=O)Nc3cccc([N+](=O)[O-])c3)[nH]c2=O)cc1F. The van der Waals surface area contributed by atoms with Gasteiger partial charge in [0.15, 0.2) is 0 Å². The number of hydrogen-bond donors (Lipinski definition) is 5. The smallest absolute Gasteiger partial charge is 0.326 e. The molecule has 11 nitrogen and oxygen atoms in total. The molecule has 0 bridgehead atoms. The van der Waals surface area contributed by atoms with Crippen LogP contribution in [0.2, 0.25) is 0 Å². The molecule has 33 heavy (non-hydrogen) atoms. The van der Waals surface area contributed by atoms with Gasteiger partial charge in [-0.3, -0.25) is 25.2 Å². The largest absolute Gasteiger partial charge is 0.330 e. The molecule has 0 spiro atoms. The average molecular weight is 455 g/mol. The third-order valence-corrected chi connectivity index (χ3v) is 4.58. The number of nitro groups is 1. The third-order valence-electron chi connectivity index (χ3n) is 4.58. The van der Waals surface area contributed by atoms with Crippen LogP contribution in [0.15, 0.2) is 53.5 Å². The predicted molar refractivity (Wildman–Crippen MR) is 121 cm³/mol. The van der Waals surface area contributed by atoms with Crippen molar-refractivity contribution in [2.45, 2.75) is 13.0 Å². The minimum Gasteiger partial charge on any atom is -0.330 e. The molecule has 0 unspecified atom stereocenters. The van der Waals surface area contributed by atoms with Gasteiger partial charge < -0.3 is 16.4 Å². The molecule has 0 saturated carbocycles. The first-order valence-corrected chi connectivity index (χ1v) is 9.98. The van der Waals surface area contributed by atoms with Gasteiger partial charge in [-0.05, 0) is 37.2 Å². The summed E-state index contributed by atoms with van der Waals surface area (Å²) < 4.78 is 14.4. The number of amides is 2. The van der Waals surface area contributed by atoms with Crippen LogP contribution in [0.3, 0.4) is 0 Å². The summed E-state index contributed by atoms with van der Waals surface area (Å²) in [6.07, 6.45) is 2.00. The van der Waals surface area contributed by atoms with Gasteiger partial charge in [-0.2, -0.15) is 0 Å². The van der Waals surface area contributed by atoms with Crippen LogP contribution in [0, 0.1) is 15.9 Å². The number of anilines is 2. The van der Waals surface area contributed by atoms with E-state index >= 15 is 0 Å². The average Bonchev–Trinajstić information content (AvgIpc) is 2.78. The van der Waals surface area contributed by atoms with Crippen LogP contribution in [0.4, 0.5) is 26.5 Å². The summed E-state index contributed by atoms with van der Waals surface area (Å²) in [5.41, 5.74) is 5.76. The standard InChI is InChI=1S/C21H22FN7O4/c22-18-9-13(5-6-14(18)11-24-8-2-7-23)17-12-25-20(27-19(17)30)28-21(31)26-15-3-1-4-16(10-15)29(32)33/h1,3-6,9-10,12,24H,2,7-8,11,23H2,(H3,25,26,27,28,30,31). The van der Waals surface area contributed by atoms with Crippen molar-refractivity contribution in [2.75, 3.05) is 23.7 Å². The Labute approximate surface area is 187 Å². The van der Waals surface area contributed by atoms with E-state index in [-0.39, 0.29) is 22.9 Å². The maximum atomic E-state index is 14.4.